The molecule has 0 saturated heterocycles. The molecule has 2 N–H and O–H groups in total. The SMILES string of the molecule is CC(C)CCCCCCNC(=O)C=CC(=O)O. The molecule has 0 heterocycles. The summed E-state index contributed by atoms with van der Waals surface area (Å²) < 4.78 is 0. The van der Waals surface area contributed by atoms with Gasteiger partial charge in [-0.05, 0) is 12.3 Å². The number of carboxylic acid groups (broad SMARTS) is 1. The van der Waals surface area contributed by atoms with Gasteiger partial charge in [0.15, 0.2) is 0 Å². The summed E-state index contributed by atoms with van der Waals surface area (Å²) in [5.74, 6) is -0.681. The fourth-order valence-corrected chi connectivity index (χ4v) is 1.45. The lowest BCUT2D eigenvalue weighted by Crippen LogP contribution is -2.22. The van der Waals surface area contributed by atoms with Crippen LogP contribution in [0, 0.1) is 5.92 Å². The number of nitrogens with one attached hydrogen (secondary N) is 1. The summed E-state index contributed by atoms with van der Waals surface area (Å²) >= 11 is 0. The van der Waals surface area contributed by atoms with Crippen molar-refractivity contribution >= 4 is 11.9 Å². The van der Waals surface area contributed by atoms with Crippen LogP contribution in [0.4, 0.5) is 0 Å². The predicted molar refractivity (Wildman–Crippen MR) is 67.7 cm³/mol. The van der Waals surface area contributed by atoms with Crippen molar-refractivity contribution < 1.29 is 14.7 Å². The molecule has 0 aliphatic heterocycles. The van der Waals surface area contributed by atoms with E-state index in [9.17, 15) is 9.59 Å². The molecule has 0 fully saturated rings. The topological polar surface area (TPSA) is 66.4 Å². The van der Waals surface area contributed by atoms with Gasteiger partial charge in [0.2, 0.25) is 5.91 Å². The lowest BCUT2D eigenvalue weighted by atomic mass is 10.0. The second-order valence-electron chi connectivity index (χ2n) is 4.56. The van der Waals surface area contributed by atoms with Crippen LogP contribution in [0.3, 0.4) is 0 Å². The van der Waals surface area contributed by atoms with E-state index in [2.05, 4.69) is 19.2 Å². The maximum Gasteiger partial charge on any atom is 0.328 e. The first-order chi connectivity index (χ1) is 8.02. The van der Waals surface area contributed by atoms with Crippen molar-refractivity contribution in [1.82, 2.24) is 5.32 Å². The highest BCUT2D eigenvalue weighted by molar-refractivity contribution is 5.93. The van der Waals surface area contributed by atoms with Gasteiger partial charge in [-0.15, -0.1) is 0 Å². The second-order valence-corrected chi connectivity index (χ2v) is 4.56. The molecule has 1 amide bonds. The minimum atomic E-state index is -1.10. The van der Waals surface area contributed by atoms with Gasteiger partial charge >= 0.3 is 5.97 Å². The molecule has 0 unspecified atom stereocenters. The molecule has 0 atom stereocenters. The standard InChI is InChI=1S/C13H23NO3/c1-11(2)7-5-3-4-6-10-14-12(15)8-9-13(16)17/h8-9,11H,3-7,10H2,1-2H3,(H,14,15)(H,16,17). The van der Waals surface area contributed by atoms with E-state index in [0.717, 1.165) is 30.9 Å². The van der Waals surface area contributed by atoms with Gasteiger partial charge in [-0.3, -0.25) is 4.79 Å². The summed E-state index contributed by atoms with van der Waals surface area (Å²) in [4.78, 5) is 21.2. The van der Waals surface area contributed by atoms with E-state index >= 15 is 0 Å². The number of amides is 1. The largest absolute Gasteiger partial charge is 0.478 e. The Hall–Kier alpha value is -1.32. The van der Waals surface area contributed by atoms with Crippen molar-refractivity contribution in [1.29, 1.82) is 0 Å². The van der Waals surface area contributed by atoms with Crippen molar-refractivity contribution in [3.05, 3.63) is 12.2 Å². The molecule has 98 valence electrons. The average molecular weight is 241 g/mol. The van der Waals surface area contributed by atoms with Gasteiger partial charge in [0.05, 0.1) is 0 Å². The van der Waals surface area contributed by atoms with E-state index < -0.39 is 5.97 Å². The molecule has 0 aromatic carbocycles. The van der Waals surface area contributed by atoms with Crippen LogP contribution in [0.25, 0.3) is 0 Å². The number of carbonyl (C=O) groups is 2. The molecule has 0 aromatic rings. The molecule has 0 aromatic heterocycles. The maximum atomic E-state index is 11.1. The van der Waals surface area contributed by atoms with Gasteiger partial charge in [-0.2, -0.15) is 0 Å². The predicted octanol–water partition coefficient (Wildman–Crippen LogP) is 2.35. The van der Waals surface area contributed by atoms with Crippen molar-refractivity contribution in [2.75, 3.05) is 6.54 Å². The van der Waals surface area contributed by atoms with Crippen molar-refractivity contribution in [2.24, 2.45) is 5.92 Å². The maximum absolute atomic E-state index is 11.1. The van der Waals surface area contributed by atoms with Gasteiger partial charge in [0, 0.05) is 18.7 Å². The van der Waals surface area contributed by atoms with Crippen LogP contribution >= 0.6 is 0 Å². The first-order valence-corrected chi connectivity index (χ1v) is 6.21. The molecule has 0 radical (unpaired) electrons. The molecular formula is C13H23NO3. The first-order valence-electron chi connectivity index (χ1n) is 6.21. The van der Waals surface area contributed by atoms with E-state index in [-0.39, 0.29) is 5.91 Å². The zero-order valence-corrected chi connectivity index (χ0v) is 10.7. The van der Waals surface area contributed by atoms with E-state index in [1.54, 1.807) is 0 Å². The summed E-state index contributed by atoms with van der Waals surface area (Å²) in [6.07, 6.45) is 7.64. The normalized spacial score (nSPS) is 11.0. The fraction of sp³-hybridized carbons (Fsp3) is 0.692. The number of carboxylic acids is 1. The van der Waals surface area contributed by atoms with Crippen LogP contribution in [-0.4, -0.2) is 23.5 Å². The second kappa shape index (κ2) is 9.87. The molecule has 0 aliphatic rings. The number of rotatable bonds is 9. The Kier molecular flexibility index (Phi) is 9.11. The highest BCUT2D eigenvalue weighted by atomic mass is 16.4. The van der Waals surface area contributed by atoms with Crippen LogP contribution in [0.5, 0.6) is 0 Å². The van der Waals surface area contributed by atoms with Crippen LogP contribution in [-0.2, 0) is 9.59 Å². The van der Waals surface area contributed by atoms with Crippen LogP contribution in [0.1, 0.15) is 46.0 Å². The third-order valence-electron chi connectivity index (χ3n) is 2.38. The Balaban J connectivity index is 3.34. The van der Waals surface area contributed by atoms with Crippen molar-refractivity contribution in [2.45, 2.75) is 46.0 Å². The number of unbranched alkanes of at least 4 members (excludes halogenated alkanes) is 3. The molecule has 4 nitrogen and oxygen atoms in total. The van der Waals surface area contributed by atoms with Crippen molar-refractivity contribution in [3.63, 3.8) is 0 Å². The number of hydrogen-bond acceptors (Lipinski definition) is 2. The summed E-state index contributed by atoms with van der Waals surface area (Å²) in [7, 11) is 0. The summed E-state index contributed by atoms with van der Waals surface area (Å²) in [5, 5.41) is 11.0. The Bertz CT molecular complexity index is 259. The van der Waals surface area contributed by atoms with Gasteiger partial charge in [-0.25, -0.2) is 4.79 Å². The van der Waals surface area contributed by atoms with Gasteiger partial charge < -0.3 is 10.4 Å². The Labute approximate surface area is 103 Å². The minimum absolute atomic E-state index is 0.338. The molecule has 0 rings (SSSR count). The van der Waals surface area contributed by atoms with Crippen molar-refractivity contribution in [3.8, 4) is 0 Å². The Morgan fingerprint density at radius 2 is 1.76 bits per heavy atom. The average Bonchev–Trinajstić information content (AvgIpc) is 2.24. The van der Waals surface area contributed by atoms with Gasteiger partial charge in [0.1, 0.15) is 0 Å². The summed E-state index contributed by atoms with van der Waals surface area (Å²) in [6.45, 7) is 5.05. The third kappa shape index (κ3) is 12.6. The van der Waals surface area contributed by atoms with E-state index in [0.29, 0.717) is 6.54 Å². The smallest absolute Gasteiger partial charge is 0.328 e. The fourth-order valence-electron chi connectivity index (χ4n) is 1.45. The minimum Gasteiger partial charge on any atom is -0.478 e. The Morgan fingerprint density at radius 3 is 2.35 bits per heavy atom. The molecule has 0 aliphatic carbocycles. The van der Waals surface area contributed by atoms with Gasteiger partial charge in [0.25, 0.3) is 0 Å². The highest BCUT2D eigenvalue weighted by Crippen LogP contribution is 2.08. The van der Waals surface area contributed by atoms with Crippen LogP contribution in [0.2, 0.25) is 0 Å². The van der Waals surface area contributed by atoms with E-state index in [1.165, 1.54) is 19.3 Å². The quantitative estimate of drug-likeness (QED) is 0.481. The lowest BCUT2D eigenvalue weighted by Gasteiger charge is -2.04. The number of aliphatic carboxylic acids is 1. The highest BCUT2D eigenvalue weighted by Gasteiger charge is 1.97. The Morgan fingerprint density at radius 1 is 1.12 bits per heavy atom. The molecule has 4 heteroatoms. The number of carbonyl (C=O) groups excluding carboxylic acids is 1. The molecule has 0 spiro atoms. The summed E-state index contributed by atoms with van der Waals surface area (Å²) in [5.41, 5.74) is 0. The summed E-state index contributed by atoms with van der Waals surface area (Å²) in [6, 6.07) is 0. The van der Waals surface area contributed by atoms with E-state index in [4.69, 9.17) is 5.11 Å². The molecule has 0 saturated carbocycles. The van der Waals surface area contributed by atoms with Crippen LogP contribution < -0.4 is 5.32 Å². The van der Waals surface area contributed by atoms with Crippen LogP contribution in [0.15, 0.2) is 12.2 Å². The number of hydrogen-bond donors (Lipinski definition) is 2. The zero-order valence-electron chi connectivity index (χ0n) is 10.7. The molecule has 0 bridgehead atoms. The molecule has 17 heavy (non-hydrogen) atoms. The van der Waals surface area contributed by atoms with Gasteiger partial charge in [-0.1, -0.05) is 39.5 Å². The molecular weight excluding hydrogens is 218 g/mol. The first kappa shape index (κ1) is 15.7. The third-order valence-corrected chi connectivity index (χ3v) is 2.38. The lowest BCUT2D eigenvalue weighted by molar-refractivity contribution is -0.131. The van der Waals surface area contributed by atoms with E-state index in [1.807, 2.05) is 0 Å². The monoisotopic (exact) mass is 241 g/mol. The zero-order chi connectivity index (χ0) is 13.1.